The van der Waals surface area contributed by atoms with Crippen LogP contribution in [0.5, 0.6) is 0 Å². The van der Waals surface area contributed by atoms with E-state index >= 15 is 0 Å². The van der Waals surface area contributed by atoms with Crippen LogP contribution >= 0.6 is 0 Å². The molecule has 8 rings (SSSR count). The summed E-state index contributed by atoms with van der Waals surface area (Å²) >= 11 is 0. The number of H-pyrrole nitrogens is 1. The minimum Gasteiger partial charge on any atom is -0.361 e. The molecule has 2 atom stereocenters. The zero-order valence-corrected chi connectivity index (χ0v) is 35.2. The molecule has 2 N–H and O–H groups in total. The molecule has 3 nitrogen and oxygen atoms in total. The molecule has 2 aliphatic carbocycles. The molecule has 3 heteroatoms. The van der Waals surface area contributed by atoms with E-state index in [9.17, 15) is 0 Å². The highest BCUT2D eigenvalue weighted by molar-refractivity contribution is 6.04. The number of amidine groups is 1. The molecule has 0 saturated heterocycles. The molecule has 0 aliphatic heterocycles. The van der Waals surface area contributed by atoms with E-state index in [1.807, 2.05) is 52.0 Å². The van der Waals surface area contributed by atoms with Gasteiger partial charge in [0, 0.05) is 34.0 Å². The molecular formula is C54H59N3. The number of aromatic amines is 1. The van der Waals surface area contributed by atoms with Crippen molar-refractivity contribution in [2.75, 3.05) is 0 Å². The molecule has 290 valence electrons. The van der Waals surface area contributed by atoms with Crippen molar-refractivity contribution < 1.29 is 0 Å². The van der Waals surface area contributed by atoms with Gasteiger partial charge in [0.1, 0.15) is 5.84 Å². The largest absolute Gasteiger partial charge is 0.361 e. The summed E-state index contributed by atoms with van der Waals surface area (Å²) in [6, 6.07) is 47.8. The second-order valence-electron chi connectivity index (χ2n) is 15.1. The topological polar surface area (TPSA) is 40.2 Å². The van der Waals surface area contributed by atoms with Crippen LogP contribution in [0, 0.1) is 0 Å². The quantitative estimate of drug-likeness (QED) is 0.112. The highest BCUT2D eigenvalue weighted by Crippen LogP contribution is 2.50. The second kappa shape index (κ2) is 17.9. The van der Waals surface area contributed by atoms with Gasteiger partial charge in [-0.15, -0.1) is 0 Å². The molecule has 6 aromatic rings. The molecule has 0 amide bonds. The summed E-state index contributed by atoms with van der Waals surface area (Å²) in [6.07, 6.45) is 11.1. The number of aliphatic imine (C=N–C) groups is 1. The Morgan fingerprint density at radius 3 is 2.00 bits per heavy atom. The highest BCUT2D eigenvalue weighted by atomic mass is 15.0. The standard InChI is InChI=1S/C50H47N3.2C2H6/c1-34(36-18-10-6-11-19-36)52-48(53-35(2)37-20-12-7-13-21-37)39-27-29-44-43-28-26-38(30-45(43)49(3,4)46(44)31-39)47-32-42(33-51-47)50(5,40-22-14-8-15-23-40)41-24-16-9-17-25-41;2*1-2/h6-16,18-24,26-33,35,51H,1,17,25H2,2-5H3,(H,52,53);2*1-2H3. The highest BCUT2D eigenvalue weighted by Gasteiger charge is 2.37. The minimum atomic E-state index is -0.222. The summed E-state index contributed by atoms with van der Waals surface area (Å²) in [5.74, 6) is 0.814. The number of hydrogen-bond acceptors (Lipinski definition) is 1. The summed E-state index contributed by atoms with van der Waals surface area (Å²) < 4.78 is 0. The zero-order chi connectivity index (χ0) is 40.6. The molecule has 2 aliphatic rings. The number of nitrogens with one attached hydrogen (secondary N) is 2. The zero-order valence-electron chi connectivity index (χ0n) is 35.2. The Morgan fingerprint density at radius 2 is 1.35 bits per heavy atom. The van der Waals surface area contributed by atoms with Crippen LogP contribution in [-0.2, 0) is 10.8 Å². The van der Waals surface area contributed by atoms with Crippen molar-refractivity contribution in [1.29, 1.82) is 0 Å². The predicted octanol–water partition coefficient (Wildman–Crippen LogP) is 14.4. The molecule has 0 radical (unpaired) electrons. The normalized spacial score (nSPS) is 15.3. The molecular weight excluding hydrogens is 691 g/mol. The predicted molar refractivity (Wildman–Crippen MR) is 246 cm³/mol. The van der Waals surface area contributed by atoms with Gasteiger partial charge in [-0.2, -0.15) is 0 Å². The monoisotopic (exact) mass is 749 g/mol. The van der Waals surface area contributed by atoms with Gasteiger partial charge >= 0.3 is 0 Å². The molecule has 2 unspecified atom stereocenters. The lowest BCUT2D eigenvalue weighted by molar-refractivity contribution is 0.634. The van der Waals surface area contributed by atoms with Crippen LogP contribution in [0.2, 0.25) is 0 Å². The van der Waals surface area contributed by atoms with Crippen molar-refractivity contribution in [3.05, 3.63) is 209 Å². The molecule has 1 aromatic heterocycles. The Labute approximate surface area is 342 Å². The second-order valence-corrected chi connectivity index (χ2v) is 15.1. The van der Waals surface area contributed by atoms with Crippen LogP contribution in [-0.4, -0.2) is 10.8 Å². The third-order valence-electron chi connectivity index (χ3n) is 11.5. The fourth-order valence-corrected chi connectivity index (χ4v) is 8.26. The number of fused-ring (bicyclic) bond motifs is 3. The van der Waals surface area contributed by atoms with Crippen LogP contribution < -0.4 is 5.32 Å². The van der Waals surface area contributed by atoms with E-state index in [1.54, 1.807) is 0 Å². The Morgan fingerprint density at radius 1 is 0.737 bits per heavy atom. The number of aromatic nitrogens is 1. The lowest BCUT2D eigenvalue weighted by Gasteiger charge is -2.34. The van der Waals surface area contributed by atoms with E-state index in [1.165, 1.54) is 50.1 Å². The Hall–Kier alpha value is -5.93. The van der Waals surface area contributed by atoms with Crippen molar-refractivity contribution in [2.24, 2.45) is 4.99 Å². The maximum Gasteiger partial charge on any atom is 0.133 e. The van der Waals surface area contributed by atoms with E-state index < -0.39 is 0 Å². The van der Waals surface area contributed by atoms with Crippen molar-refractivity contribution >= 4 is 11.5 Å². The van der Waals surface area contributed by atoms with Crippen molar-refractivity contribution in [3.63, 3.8) is 0 Å². The third kappa shape index (κ3) is 8.16. The molecule has 1 heterocycles. The summed E-state index contributed by atoms with van der Waals surface area (Å²) in [6.45, 7) is 21.6. The van der Waals surface area contributed by atoms with E-state index in [0.717, 1.165) is 41.2 Å². The van der Waals surface area contributed by atoms with Gasteiger partial charge in [0.15, 0.2) is 0 Å². The van der Waals surface area contributed by atoms with E-state index in [4.69, 9.17) is 4.99 Å². The van der Waals surface area contributed by atoms with Gasteiger partial charge in [0.25, 0.3) is 0 Å². The van der Waals surface area contributed by atoms with E-state index in [-0.39, 0.29) is 16.9 Å². The third-order valence-corrected chi connectivity index (χ3v) is 11.5. The molecule has 0 saturated carbocycles. The number of benzene rings is 5. The van der Waals surface area contributed by atoms with Gasteiger partial charge in [0.2, 0.25) is 0 Å². The number of hydrogen-bond donors (Lipinski definition) is 2. The molecule has 0 bridgehead atoms. The maximum absolute atomic E-state index is 5.27. The fourth-order valence-electron chi connectivity index (χ4n) is 8.26. The first-order chi connectivity index (χ1) is 27.7. The Balaban J connectivity index is 0.00000133. The van der Waals surface area contributed by atoms with Gasteiger partial charge in [-0.3, -0.25) is 4.99 Å². The van der Waals surface area contributed by atoms with Crippen molar-refractivity contribution in [2.45, 2.75) is 85.1 Å². The summed E-state index contributed by atoms with van der Waals surface area (Å²) in [4.78, 5) is 8.96. The summed E-state index contributed by atoms with van der Waals surface area (Å²) in [7, 11) is 0. The van der Waals surface area contributed by atoms with Crippen molar-refractivity contribution in [3.8, 4) is 22.4 Å². The molecule has 0 spiro atoms. The Kier molecular flexibility index (Phi) is 12.8. The average molecular weight is 750 g/mol. The van der Waals surface area contributed by atoms with Crippen LogP contribution in [0.25, 0.3) is 28.1 Å². The first-order valence-corrected chi connectivity index (χ1v) is 20.8. The SMILES string of the molecule is C=C(NC(=NC(C)c1ccccc1)c1ccc2c(c1)C(C)(C)c1cc(-c3cc(C(C)(C4=CC=CCC4)c4ccccc4)c[nH]3)ccc1-2)c1ccccc1.CC.CC. The number of nitrogens with zero attached hydrogens (tertiary/aromatic N) is 1. The average Bonchev–Trinajstić information content (AvgIpc) is 3.87. The molecule has 0 fully saturated rings. The molecule has 57 heavy (non-hydrogen) atoms. The van der Waals surface area contributed by atoms with Gasteiger partial charge in [-0.25, -0.2) is 0 Å². The lowest BCUT2D eigenvalue weighted by atomic mass is 9.69. The van der Waals surface area contributed by atoms with Crippen LogP contribution in [0.3, 0.4) is 0 Å². The first kappa shape index (κ1) is 40.7. The van der Waals surface area contributed by atoms with Crippen molar-refractivity contribution in [1.82, 2.24) is 10.3 Å². The van der Waals surface area contributed by atoms with Gasteiger partial charge in [-0.1, -0.05) is 187 Å². The number of allylic oxidation sites excluding steroid dienone is 4. The van der Waals surface area contributed by atoms with E-state index in [2.05, 4.69) is 178 Å². The van der Waals surface area contributed by atoms with E-state index in [0.29, 0.717) is 0 Å². The first-order valence-electron chi connectivity index (χ1n) is 20.8. The van der Waals surface area contributed by atoms with Crippen LogP contribution in [0.4, 0.5) is 0 Å². The minimum absolute atomic E-state index is 0.0383. The van der Waals surface area contributed by atoms with Gasteiger partial charge in [0.05, 0.1) is 6.04 Å². The van der Waals surface area contributed by atoms with Crippen LogP contribution in [0.1, 0.15) is 113 Å². The van der Waals surface area contributed by atoms with Gasteiger partial charge in [-0.05, 0) is 95.0 Å². The fraction of sp³-hybridized carbons (Fsp3) is 0.241. The Bertz CT molecular complexity index is 2370. The van der Waals surface area contributed by atoms with Crippen LogP contribution in [0.15, 0.2) is 175 Å². The maximum atomic E-state index is 5.27. The van der Waals surface area contributed by atoms with Gasteiger partial charge < -0.3 is 10.3 Å². The smallest absolute Gasteiger partial charge is 0.133 e. The lowest BCUT2D eigenvalue weighted by Crippen LogP contribution is -2.26. The summed E-state index contributed by atoms with van der Waals surface area (Å²) in [5, 5.41) is 3.61. The molecule has 5 aromatic carbocycles. The summed E-state index contributed by atoms with van der Waals surface area (Å²) in [5.41, 5.74) is 15.2. The number of rotatable bonds is 9.